The number of alkyl halides is 2. The molecule has 12 heteroatoms. The van der Waals surface area contributed by atoms with Gasteiger partial charge in [-0.3, -0.25) is 10.1 Å². The van der Waals surface area contributed by atoms with Gasteiger partial charge in [0.15, 0.2) is 5.01 Å². The van der Waals surface area contributed by atoms with E-state index in [1.807, 2.05) is 0 Å². The van der Waals surface area contributed by atoms with Gasteiger partial charge < -0.3 is 4.74 Å². The van der Waals surface area contributed by atoms with Gasteiger partial charge >= 0.3 is 0 Å². The lowest BCUT2D eigenvalue weighted by Crippen LogP contribution is -2.40. The molecule has 1 aliphatic rings. The van der Waals surface area contributed by atoms with Crippen LogP contribution in [0.2, 0.25) is 0 Å². The van der Waals surface area contributed by atoms with E-state index in [2.05, 4.69) is 15.5 Å². The number of amides is 1. The van der Waals surface area contributed by atoms with Crippen LogP contribution < -0.4 is 5.32 Å². The summed E-state index contributed by atoms with van der Waals surface area (Å²) in [6, 6.07) is 5.34. The van der Waals surface area contributed by atoms with E-state index < -0.39 is 27.4 Å². The summed E-state index contributed by atoms with van der Waals surface area (Å²) < 4.78 is 56.4. The van der Waals surface area contributed by atoms with Crippen molar-refractivity contribution in [3.05, 3.63) is 34.8 Å². The van der Waals surface area contributed by atoms with Crippen molar-refractivity contribution in [3.8, 4) is 0 Å². The summed E-state index contributed by atoms with van der Waals surface area (Å²) in [5, 5.41) is 8.53. The second-order valence-corrected chi connectivity index (χ2v) is 8.19. The number of anilines is 1. The molecule has 0 atom stereocenters. The molecular formula is C14H14F2N4O4S2. The van der Waals surface area contributed by atoms with Gasteiger partial charge in [0.05, 0.1) is 18.1 Å². The van der Waals surface area contributed by atoms with E-state index in [1.54, 1.807) is 0 Å². The molecule has 1 fully saturated rings. The molecule has 8 nitrogen and oxygen atoms in total. The number of morpholine rings is 1. The lowest BCUT2D eigenvalue weighted by molar-refractivity contribution is 0.0730. The van der Waals surface area contributed by atoms with Crippen LogP contribution >= 0.6 is 11.3 Å². The minimum absolute atomic E-state index is 0.0599. The Morgan fingerprint density at radius 2 is 1.85 bits per heavy atom. The van der Waals surface area contributed by atoms with Gasteiger partial charge in [0.2, 0.25) is 15.2 Å². The first-order valence-electron chi connectivity index (χ1n) is 7.49. The highest BCUT2D eigenvalue weighted by Crippen LogP contribution is 2.25. The van der Waals surface area contributed by atoms with Gasteiger partial charge in [-0.2, -0.15) is 4.31 Å². The third kappa shape index (κ3) is 4.03. The molecule has 2 heterocycles. The first-order chi connectivity index (χ1) is 12.4. The molecule has 1 N–H and O–H groups in total. The molecule has 3 rings (SSSR count). The van der Waals surface area contributed by atoms with Crippen LogP contribution in [0.15, 0.2) is 29.2 Å². The smallest absolute Gasteiger partial charge is 0.291 e. The highest BCUT2D eigenvalue weighted by molar-refractivity contribution is 7.89. The van der Waals surface area contributed by atoms with Crippen LogP contribution in [0, 0.1) is 0 Å². The molecule has 0 aliphatic carbocycles. The van der Waals surface area contributed by atoms with Crippen molar-refractivity contribution in [3.63, 3.8) is 0 Å². The molecule has 1 amide bonds. The molecule has 1 aromatic carbocycles. The van der Waals surface area contributed by atoms with Gasteiger partial charge in [0.1, 0.15) is 0 Å². The molecule has 0 unspecified atom stereocenters. The monoisotopic (exact) mass is 404 g/mol. The number of sulfonamides is 1. The van der Waals surface area contributed by atoms with Crippen LogP contribution in [-0.2, 0) is 14.8 Å². The van der Waals surface area contributed by atoms with Crippen LogP contribution in [0.5, 0.6) is 0 Å². The Labute approximate surface area is 151 Å². The van der Waals surface area contributed by atoms with Crippen molar-refractivity contribution in [1.82, 2.24) is 14.5 Å². The van der Waals surface area contributed by atoms with Gasteiger partial charge in [-0.05, 0) is 24.3 Å². The van der Waals surface area contributed by atoms with Gasteiger partial charge in [0, 0.05) is 18.7 Å². The Balaban J connectivity index is 1.71. The van der Waals surface area contributed by atoms with Gasteiger partial charge in [0.25, 0.3) is 12.3 Å². The Bertz CT molecular complexity index is 881. The third-order valence-electron chi connectivity index (χ3n) is 3.57. The lowest BCUT2D eigenvalue weighted by atomic mass is 10.2. The normalized spacial score (nSPS) is 16.0. The van der Waals surface area contributed by atoms with E-state index in [0.717, 1.165) is 0 Å². The fraction of sp³-hybridized carbons (Fsp3) is 0.357. The predicted molar refractivity (Wildman–Crippen MR) is 88.8 cm³/mol. The number of benzene rings is 1. The number of nitrogens with one attached hydrogen (secondary N) is 1. The second kappa shape index (κ2) is 7.70. The number of hydrogen-bond donors (Lipinski definition) is 1. The van der Waals surface area contributed by atoms with E-state index in [9.17, 15) is 22.0 Å². The van der Waals surface area contributed by atoms with E-state index in [0.29, 0.717) is 24.6 Å². The van der Waals surface area contributed by atoms with Crippen LogP contribution in [0.25, 0.3) is 0 Å². The van der Waals surface area contributed by atoms with E-state index >= 15 is 0 Å². The van der Waals surface area contributed by atoms with Gasteiger partial charge in [-0.1, -0.05) is 11.3 Å². The molecule has 0 bridgehead atoms. The summed E-state index contributed by atoms with van der Waals surface area (Å²) >= 11 is 0.572. The predicted octanol–water partition coefficient (Wildman–Crippen LogP) is 1.75. The number of rotatable bonds is 5. The zero-order chi connectivity index (χ0) is 18.7. The quantitative estimate of drug-likeness (QED) is 0.815. The van der Waals surface area contributed by atoms with E-state index in [1.165, 1.54) is 28.6 Å². The third-order valence-corrected chi connectivity index (χ3v) is 6.33. The molecule has 26 heavy (non-hydrogen) atoms. The Kier molecular flexibility index (Phi) is 5.55. The Hall–Kier alpha value is -2.02. The first-order valence-corrected chi connectivity index (χ1v) is 9.74. The van der Waals surface area contributed by atoms with Crippen molar-refractivity contribution in [1.29, 1.82) is 0 Å². The number of hydrogen-bond acceptors (Lipinski definition) is 7. The van der Waals surface area contributed by atoms with Crippen LogP contribution in [0.4, 0.5) is 13.9 Å². The van der Waals surface area contributed by atoms with Gasteiger partial charge in [-0.25, -0.2) is 17.2 Å². The van der Waals surface area contributed by atoms with Crippen molar-refractivity contribution in [2.24, 2.45) is 0 Å². The maximum absolute atomic E-state index is 12.5. The van der Waals surface area contributed by atoms with Gasteiger partial charge in [-0.15, -0.1) is 10.2 Å². The average Bonchev–Trinajstić information content (AvgIpc) is 3.11. The zero-order valence-electron chi connectivity index (χ0n) is 13.3. The number of nitrogens with zero attached hydrogens (tertiary/aromatic N) is 3. The first kappa shape index (κ1) is 18.8. The highest BCUT2D eigenvalue weighted by atomic mass is 32.2. The lowest BCUT2D eigenvalue weighted by Gasteiger charge is -2.26. The van der Waals surface area contributed by atoms with Crippen molar-refractivity contribution in [2.45, 2.75) is 11.3 Å². The summed E-state index contributed by atoms with van der Waals surface area (Å²) in [5.74, 6) is -0.600. The fourth-order valence-electron chi connectivity index (χ4n) is 2.26. The number of halogens is 2. The molecular weight excluding hydrogens is 390 g/mol. The SMILES string of the molecule is O=C(Nc1nnc(C(F)F)s1)c1ccc(S(=O)(=O)N2CCOCC2)cc1. The Morgan fingerprint density at radius 3 is 2.42 bits per heavy atom. The maximum Gasteiger partial charge on any atom is 0.291 e. The van der Waals surface area contributed by atoms with Crippen LogP contribution in [0.3, 0.4) is 0 Å². The van der Waals surface area contributed by atoms with Crippen molar-refractivity contribution >= 4 is 32.4 Å². The summed E-state index contributed by atoms with van der Waals surface area (Å²) in [7, 11) is -3.65. The minimum Gasteiger partial charge on any atom is -0.379 e. The fourth-order valence-corrected chi connectivity index (χ4v) is 4.26. The van der Waals surface area contributed by atoms with Crippen LogP contribution in [0.1, 0.15) is 21.8 Å². The van der Waals surface area contributed by atoms with Crippen LogP contribution in [-0.4, -0.2) is 55.1 Å². The average molecular weight is 404 g/mol. The van der Waals surface area contributed by atoms with Crippen molar-refractivity contribution in [2.75, 3.05) is 31.6 Å². The minimum atomic E-state index is -3.65. The molecule has 1 saturated heterocycles. The largest absolute Gasteiger partial charge is 0.379 e. The molecule has 2 aromatic rings. The van der Waals surface area contributed by atoms with Crippen molar-refractivity contribution < 1.29 is 26.7 Å². The number of carbonyl (C=O) groups excluding carboxylic acids is 1. The summed E-state index contributed by atoms with van der Waals surface area (Å²) in [4.78, 5) is 12.2. The highest BCUT2D eigenvalue weighted by Gasteiger charge is 2.26. The molecule has 140 valence electrons. The number of aromatic nitrogens is 2. The molecule has 1 aliphatic heterocycles. The van der Waals surface area contributed by atoms with E-state index in [-0.39, 0.29) is 28.7 Å². The second-order valence-electron chi connectivity index (χ2n) is 5.24. The van der Waals surface area contributed by atoms with E-state index in [4.69, 9.17) is 4.74 Å². The molecule has 0 saturated carbocycles. The number of ether oxygens (including phenoxy) is 1. The zero-order valence-corrected chi connectivity index (χ0v) is 14.9. The molecule has 0 radical (unpaired) electrons. The number of carbonyl (C=O) groups is 1. The standard InChI is InChI=1S/C14H14F2N4O4S2/c15-11(16)13-18-19-14(25-13)17-12(21)9-1-3-10(4-2-9)26(22,23)20-5-7-24-8-6-20/h1-4,11H,5-8H2,(H,17,19,21). The molecule has 0 spiro atoms. The summed E-state index contributed by atoms with van der Waals surface area (Å²) in [5.41, 5.74) is 0.166. The summed E-state index contributed by atoms with van der Waals surface area (Å²) in [6.45, 7) is 1.21. The summed E-state index contributed by atoms with van der Waals surface area (Å²) in [6.07, 6.45) is -2.76. The Morgan fingerprint density at radius 1 is 1.19 bits per heavy atom. The topological polar surface area (TPSA) is 101 Å². The maximum atomic E-state index is 12.5. The molecule has 1 aromatic heterocycles.